The van der Waals surface area contributed by atoms with Gasteiger partial charge in [0, 0.05) is 11.7 Å². The predicted octanol–water partition coefficient (Wildman–Crippen LogP) is 2.54. The van der Waals surface area contributed by atoms with Crippen LogP contribution in [0.4, 0.5) is 10.5 Å². The number of hydrogen-bond acceptors (Lipinski definition) is 1. The van der Waals surface area contributed by atoms with Crippen LogP contribution in [0, 0.1) is 0 Å². The van der Waals surface area contributed by atoms with Crippen LogP contribution in [0.3, 0.4) is 0 Å². The van der Waals surface area contributed by atoms with E-state index in [2.05, 4.69) is 6.92 Å². The molecule has 0 unspecified atom stereocenters. The maximum atomic E-state index is 11.2. The number of hydrogen-bond donors (Lipinski definition) is 1. The Morgan fingerprint density at radius 1 is 1.33 bits per heavy atom. The van der Waals surface area contributed by atoms with Gasteiger partial charge in [-0.15, -0.1) is 0 Å². The summed E-state index contributed by atoms with van der Waals surface area (Å²) in [6, 6.07) is 7.58. The lowest BCUT2D eigenvalue weighted by Gasteiger charge is -2.24. The average Bonchev–Trinajstić information content (AvgIpc) is 2.18. The Bertz CT molecular complexity index is 330. The van der Waals surface area contributed by atoms with E-state index >= 15 is 0 Å². The van der Waals surface area contributed by atoms with Crippen molar-refractivity contribution in [1.29, 1.82) is 0 Å². The first kappa shape index (κ1) is 11.6. The van der Waals surface area contributed by atoms with Gasteiger partial charge in [0.2, 0.25) is 0 Å². The number of primary amides is 1. The largest absolute Gasteiger partial charge is 0.351 e. The van der Waals surface area contributed by atoms with E-state index in [-0.39, 0.29) is 6.04 Å². The van der Waals surface area contributed by atoms with Crippen molar-refractivity contribution in [2.24, 2.45) is 5.73 Å². The first-order valence-corrected chi connectivity index (χ1v) is 5.23. The van der Waals surface area contributed by atoms with Crippen molar-refractivity contribution in [3.63, 3.8) is 0 Å². The van der Waals surface area contributed by atoms with Crippen LogP contribution >= 0.6 is 0 Å². The normalized spacial score (nSPS) is 10.4. The van der Waals surface area contributed by atoms with Crippen molar-refractivity contribution in [3.8, 4) is 0 Å². The fraction of sp³-hybridized carbons (Fsp3) is 0.417. The van der Waals surface area contributed by atoms with E-state index in [1.165, 1.54) is 5.56 Å². The highest BCUT2D eigenvalue weighted by atomic mass is 16.2. The second-order valence-electron chi connectivity index (χ2n) is 3.82. The fourth-order valence-corrected chi connectivity index (χ4v) is 1.57. The maximum Gasteiger partial charge on any atom is 0.319 e. The molecule has 0 heterocycles. The molecular formula is C12H18N2O. The number of nitrogens with two attached hydrogens (primary N) is 1. The molecule has 3 nitrogen and oxygen atoms in total. The molecule has 1 aromatic carbocycles. The lowest BCUT2D eigenvalue weighted by molar-refractivity contribution is 0.252. The van der Waals surface area contributed by atoms with Gasteiger partial charge in [-0.1, -0.05) is 19.1 Å². The molecule has 0 saturated heterocycles. The molecule has 1 rings (SSSR count). The summed E-state index contributed by atoms with van der Waals surface area (Å²) < 4.78 is 0. The Morgan fingerprint density at radius 2 is 1.87 bits per heavy atom. The minimum atomic E-state index is -0.408. The van der Waals surface area contributed by atoms with E-state index in [0.717, 1.165) is 12.1 Å². The zero-order valence-corrected chi connectivity index (χ0v) is 9.53. The van der Waals surface area contributed by atoms with E-state index in [1.807, 2.05) is 38.1 Å². The average molecular weight is 206 g/mol. The van der Waals surface area contributed by atoms with Gasteiger partial charge < -0.3 is 5.73 Å². The third-order valence-electron chi connectivity index (χ3n) is 2.38. The van der Waals surface area contributed by atoms with Gasteiger partial charge in [0.1, 0.15) is 0 Å². The van der Waals surface area contributed by atoms with Crippen molar-refractivity contribution in [3.05, 3.63) is 29.8 Å². The Hall–Kier alpha value is -1.51. The van der Waals surface area contributed by atoms with Gasteiger partial charge in [0.15, 0.2) is 0 Å². The molecule has 82 valence electrons. The fourth-order valence-electron chi connectivity index (χ4n) is 1.57. The molecule has 0 atom stereocenters. The Balaban J connectivity index is 2.97. The van der Waals surface area contributed by atoms with Crippen LogP contribution in [0.2, 0.25) is 0 Å². The van der Waals surface area contributed by atoms with E-state index in [0.29, 0.717) is 0 Å². The van der Waals surface area contributed by atoms with Crippen molar-refractivity contribution in [2.45, 2.75) is 33.2 Å². The second-order valence-corrected chi connectivity index (χ2v) is 3.82. The lowest BCUT2D eigenvalue weighted by Crippen LogP contribution is -2.40. The monoisotopic (exact) mass is 206 g/mol. The van der Waals surface area contributed by atoms with Crippen LogP contribution < -0.4 is 10.6 Å². The first-order valence-electron chi connectivity index (χ1n) is 5.23. The van der Waals surface area contributed by atoms with Crippen molar-refractivity contribution in [1.82, 2.24) is 0 Å². The number of carbonyl (C=O) groups excluding carboxylic acids is 1. The molecule has 0 saturated carbocycles. The molecule has 2 amide bonds. The summed E-state index contributed by atoms with van der Waals surface area (Å²) in [7, 11) is 0. The molecule has 1 aromatic rings. The summed E-state index contributed by atoms with van der Waals surface area (Å²) in [6.07, 6.45) is 0.999. The van der Waals surface area contributed by atoms with Gasteiger partial charge in [-0.25, -0.2) is 4.79 Å². The predicted molar refractivity (Wildman–Crippen MR) is 63.0 cm³/mol. The Kier molecular flexibility index (Phi) is 3.72. The summed E-state index contributed by atoms with van der Waals surface area (Å²) in [6.45, 7) is 5.99. The summed E-state index contributed by atoms with van der Waals surface area (Å²) in [5, 5.41) is 0. The highest BCUT2D eigenvalue weighted by molar-refractivity contribution is 5.91. The number of benzene rings is 1. The number of amides is 2. The molecule has 3 heteroatoms. The van der Waals surface area contributed by atoms with Crippen molar-refractivity contribution < 1.29 is 4.79 Å². The molecule has 0 aliphatic heterocycles. The molecular weight excluding hydrogens is 188 g/mol. The van der Waals surface area contributed by atoms with Gasteiger partial charge in [0.05, 0.1) is 0 Å². The topological polar surface area (TPSA) is 46.3 Å². The standard InChI is InChI=1S/C12H18N2O/c1-4-10-5-7-11(8-6-10)14(9(2)3)12(13)15/h5-9H,4H2,1-3H3,(H2,13,15). The van der Waals surface area contributed by atoms with Crippen LogP contribution in [0.25, 0.3) is 0 Å². The molecule has 2 N–H and O–H groups in total. The number of anilines is 1. The van der Waals surface area contributed by atoms with E-state index in [1.54, 1.807) is 4.90 Å². The van der Waals surface area contributed by atoms with Gasteiger partial charge in [-0.05, 0) is 38.0 Å². The third-order valence-corrected chi connectivity index (χ3v) is 2.38. The summed E-state index contributed by atoms with van der Waals surface area (Å²) in [4.78, 5) is 12.8. The number of rotatable bonds is 3. The van der Waals surface area contributed by atoms with Crippen molar-refractivity contribution >= 4 is 11.7 Å². The lowest BCUT2D eigenvalue weighted by atomic mass is 10.1. The minimum absolute atomic E-state index is 0.0787. The Morgan fingerprint density at radius 3 is 2.20 bits per heavy atom. The Labute approximate surface area is 90.9 Å². The molecule has 0 radical (unpaired) electrons. The number of urea groups is 1. The van der Waals surface area contributed by atoms with E-state index in [9.17, 15) is 4.79 Å². The highest BCUT2D eigenvalue weighted by Crippen LogP contribution is 2.17. The van der Waals surface area contributed by atoms with Gasteiger partial charge >= 0.3 is 6.03 Å². The summed E-state index contributed by atoms with van der Waals surface area (Å²) in [5.74, 6) is 0. The molecule has 0 bridgehead atoms. The second kappa shape index (κ2) is 4.82. The number of nitrogens with zero attached hydrogens (tertiary/aromatic N) is 1. The molecule has 0 spiro atoms. The molecule has 0 aliphatic carbocycles. The van der Waals surface area contributed by atoms with Crippen LogP contribution in [0.1, 0.15) is 26.3 Å². The first-order chi connectivity index (χ1) is 7.06. The van der Waals surface area contributed by atoms with Crippen LogP contribution in [0.5, 0.6) is 0 Å². The van der Waals surface area contributed by atoms with Gasteiger partial charge in [0.25, 0.3) is 0 Å². The van der Waals surface area contributed by atoms with Gasteiger partial charge in [-0.3, -0.25) is 4.90 Å². The van der Waals surface area contributed by atoms with E-state index < -0.39 is 6.03 Å². The number of carbonyl (C=O) groups is 1. The number of aryl methyl sites for hydroxylation is 1. The maximum absolute atomic E-state index is 11.2. The van der Waals surface area contributed by atoms with Gasteiger partial charge in [-0.2, -0.15) is 0 Å². The molecule has 0 aromatic heterocycles. The van der Waals surface area contributed by atoms with E-state index in [4.69, 9.17) is 5.73 Å². The van der Waals surface area contributed by atoms with Crippen LogP contribution in [-0.2, 0) is 6.42 Å². The zero-order valence-electron chi connectivity index (χ0n) is 9.53. The smallest absolute Gasteiger partial charge is 0.319 e. The van der Waals surface area contributed by atoms with Crippen molar-refractivity contribution in [2.75, 3.05) is 4.90 Å². The molecule has 0 fully saturated rings. The van der Waals surface area contributed by atoms with Crippen LogP contribution in [0.15, 0.2) is 24.3 Å². The molecule has 15 heavy (non-hydrogen) atoms. The third kappa shape index (κ3) is 2.72. The SMILES string of the molecule is CCc1ccc(N(C(N)=O)C(C)C)cc1. The molecule has 0 aliphatic rings. The summed E-state index contributed by atoms with van der Waals surface area (Å²) in [5.41, 5.74) is 7.44. The minimum Gasteiger partial charge on any atom is -0.351 e. The highest BCUT2D eigenvalue weighted by Gasteiger charge is 2.15. The zero-order chi connectivity index (χ0) is 11.4. The quantitative estimate of drug-likeness (QED) is 0.811. The summed E-state index contributed by atoms with van der Waals surface area (Å²) >= 11 is 0. The van der Waals surface area contributed by atoms with Crippen LogP contribution in [-0.4, -0.2) is 12.1 Å².